The van der Waals surface area contributed by atoms with Crippen molar-refractivity contribution in [2.45, 2.75) is 78.1 Å². The maximum Gasteiger partial charge on any atom is 0.224 e. The lowest BCUT2D eigenvalue weighted by Gasteiger charge is -2.13. The standard InChI is InChI=1S/C19H31NO/c1-4-5-6-7-8-9-10-15-19(21)20-18-14-12-11-13-17(18)16(2)3/h11-14,16H,4-10,15H2,1-3H3,(H,20,21). The van der Waals surface area contributed by atoms with E-state index in [0.29, 0.717) is 12.3 Å². The van der Waals surface area contributed by atoms with Crippen molar-refractivity contribution in [2.24, 2.45) is 0 Å². The summed E-state index contributed by atoms with van der Waals surface area (Å²) >= 11 is 0. The van der Waals surface area contributed by atoms with Gasteiger partial charge in [-0.25, -0.2) is 0 Å². The third-order valence-corrected chi connectivity index (χ3v) is 3.86. The highest BCUT2D eigenvalue weighted by Crippen LogP contribution is 2.23. The Kier molecular flexibility index (Phi) is 8.80. The number of hydrogen-bond donors (Lipinski definition) is 1. The van der Waals surface area contributed by atoms with Crippen molar-refractivity contribution in [1.29, 1.82) is 0 Å². The van der Waals surface area contributed by atoms with Crippen LogP contribution in [-0.4, -0.2) is 5.91 Å². The maximum absolute atomic E-state index is 12.0. The monoisotopic (exact) mass is 289 g/mol. The average molecular weight is 289 g/mol. The molecule has 1 N–H and O–H groups in total. The van der Waals surface area contributed by atoms with Gasteiger partial charge < -0.3 is 5.32 Å². The molecule has 0 radical (unpaired) electrons. The summed E-state index contributed by atoms with van der Waals surface area (Å²) in [5.41, 5.74) is 2.19. The molecular formula is C19H31NO. The van der Waals surface area contributed by atoms with Gasteiger partial charge in [0, 0.05) is 12.1 Å². The molecule has 0 bridgehead atoms. The van der Waals surface area contributed by atoms with Gasteiger partial charge in [0.05, 0.1) is 0 Å². The first kappa shape index (κ1) is 17.7. The number of carbonyl (C=O) groups excluding carboxylic acids is 1. The van der Waals surface area contributed by atoms with Crippen LogP contribution in [0.2, 0.25) is 0 Å². The number of unbranched alkanes of at least 4 members (excludes halogenated alkanes) is 6. The molecule has 0 heterocycles. The smallest absolute Gasteiger partial charge is 0.224 e. The predicted octanol–water partition coefficient (Wildman–Crippen LogP) is 5.89. The fraction of sp³-hybridized carbons (Fsp3) is 0.632. The Balaban J connectivity index is 2.25. The lowest BCUT2D eigenvalue weighted by atomic mass is 10.0. The first-order valence-electron chi connectivity index (χ1n) is 8.54. The number of amides is 1. The summed E-state index contributed by atoms with van der Waals surface area (Å²) in [6.45, 7) is 6.54. The van der Waals surface area contributed by atoms with Crippen LogP contribution in [0.15, 0.2) is 24.3 Å². The van der Waals surface area contributed by atoms with Crippen LogP contribution in [0.3, 0.4) is 0 Å². The van der Waals surface area contributed by atoms with Crippen LogP contribution in [-0.2, 0) is 4.79 Å². The number of carbonyl (C=O) groups is 1. The zero-order valence-corrected chi connectivity index (χ0v) is 14.0. The molecule has 21 heavy (non-hydrogen) atoms. The number of hydrogen-bond acceptors (Lipinski definition) is 1. The van der Waals surface area contributed by atoms with Crippen LogP contribution in [0.25, 0.3) is 0 Å². The third kappa shape index (κ3) is 7.31. The van der Waals surface area contributed by atoms with E-state index in [1.54, 1.807) is 0 Å². The van der Waals surface area contributed by atoms with E-state index in [1.807, 2.05) is 18.2 Å². The Morgan fingerprint density at radius 3 is 2.29 bits per heavy atom. The van der Waals surface area contributed by atoms with Crippen molar-refractivity contribution >= 4 is 11.6 Å². The fourth-order valence-corrected chi connectivity index (χ4v) is 2.57. The second kappa shape index (κ2) is 10.4. The molecule has 0 spiro atoms. The van der Waals surface area contributed by atoms with Gasteiger partial charge in [0.1, 0.15) is 0 Å². The van der Waals surface area contributed by atoms with Crippen LogP contribution in [0.5, 0.6) is 0 Å². The topological polar surface area (TPSA) is 29.1 Å². The quantitative estimate of drug-likeness (QED) is 0.535. The van der Waals surface area contributed by atoms with E-state index in [9.17, 15) is 4.79 Å². The van der Waals surface area contributed by atoms with E-state index >= 15 is 0 Å². The number of para-hydroxylation sites is 1. The Hall–Kier alpha value is -1.31. The molecule has 2 nitrogen and oxygen atoms in total. The van der Waals surface area contributed by atoms with Crippen LogP contribution >= 0.6 is 0 Å². The molecule has 0 saturated carbocycles. The van der Waals surface area contributed by atoms with Gasteiger partial charge in [0.25, 0.3) is 0 Å². The minimum atomic E-state index is 0.150. The molecule has 1 aromatic rings. The minimum Gasteiger partial charge on any atom is -0.326 e. The molecule has 0 fully saturated rings. The molecular weight excluding hydrogens is 258 g/mol. The molecule has 0 unspecified atom stereocenters. The van der Waals surface area contributed by atoms with Gasteiger partial charge in [-0.05, 0) is 24.0 Å². The van der Waals surface area contributed by atoms with E-state index in [4.69, 9.17) is 0 Å². The van der Waals surface area contributed by atoms with Crippen molar-refractivity contribution in [1.82, 2.24) is 0 Å². The summed E-state index contributed by atoms with van der Waals surface area (Å²) in [6, 6.07) is 8.10. The Bertz CT molecular complexity index is 412. The summed E-state index contributed by atoms with van der Waals surface area (Å²) in [5.74, 6) is 0.580. The fourth-order valence-electron chi connectivity index (χ4n) is 2.57. The lowest BCUT2D eigenvalue weighted by Crippen LogP contribution is -2.13. The number of anilines is 1. The maximum atomic E-state index is 12.0. The third-order valence-electron chi connectivity index (χ3n) is 3.86. The number of nitrogens with one attached hydrogen (secondary N) is 1. The summed E-state index contributed by atoms with van der Waals surface area (Å²) in [6.07, 6.45) is 9.35. The summed E-state index contributed by atoms with van der Waals surface area (Å²) in [7, 11) is 0. The average Bonchev–Trinajstić information content (AvgIpc) is 2.46. The second-order valence-electron chi connectivity index (χ2n) is 6.16. The minimum absolute atomic E-state index is 0.150. The van der Waals surface area contributed by atoms with E-state index in [0.717, 1.165) is 12.1 Å². The Labute approximate surface area is 130 Å². The van der Waals surface area contributed by atoms with E-state index in [2.05, 4.69) is 32.2 Å². The summed E-state index contributed by atoms with van der Waals surface area (Å²) in [4.78, 5) is 12.0. The van der Waals surface area contributed by atoms with Gasteiger partial charge in [-0.3, -0.25) is 4.79 Å². The highest BCUT2D eigenvalue weighted by atomic mass is 16.1. The number of rotatable bonds is 10. The zero-order chi connectivity index (χ0) is 15.5. The van der Waals surface area contributed by atoms with E-state index < -0.39 is 0 Å². The van der Waals surface area contributed by atoms with Crippen molar-refractivity contribution in [2.75, 3.05) is 5.32 Å². The first-order chi connectivity index (χ1) is 10.1. The van der Waals surface area contributed by atoms with Crippen molar-refractivity contribution in [3.05, 3.63) is 29.8 Å². The molecule has 0 aromatic heterocycles. The van der Waals surface area contributed by atoms with Crippen LogP contribution in [0.4, 0.5) is 5.69 Å². The summed E-state index contributed by atoms with van der Waals surface area (Å²) in [5, 5.41) is 3.06. The van der Waals surface area contributed by atoms with Crippen LogP contribution in [0.1, 0.15) is 83.6 Å². The molecule has 1 amide bonds. The van der Waals surface area contributed by atoms with Gasteiger partial charge in [-0.15, -0.1) is 0 Å². The second-order valence-corrected chi connectivity index (χ2v) is 6.16. The van der Waals surface area contributed by atoms with Crippen LogP contribution in [0, 0.1) is 0 Å². The number of benzene rings is 1. The Morgan fingerprint density at radius 1 is 1.00 bits per heavy atom. The molecule has 1 rings (SSSR count). The highest BCUT2D eigenvalue weighted by molar-refractivity contribution is 5.91. The molecule has 1 aromatic carbocycles. The SMILES string of the molecule is CCCCCCCCCC(=O)Nc1ccccc1C(C)C. The molecule has 118 valence electrons. The van der Waals surface area contributed by atoms with E-state index in [-0.39, 0.29) is 5.91 Å². The van der Waals surface area contributed by atoms with Gasteiger partial charge in [-0.1, -0.05) is 77.5 Å². The van der Waals surface area contributed by atoms with Gasteiger partial charge in [-0.2, -0.15) is 0 Å². The Morgan fingerprint density at radius 2 is 1.62 bits per heavy atom. The van der Waals surface area contributed by atoms with Crippen molar-refractivity contribution in [3.8, 4) is 0 Å². The highest BCUT2D eigenvalue weighted by Gasteiger charge is 2.08. The van der Waals surface area contributed by atoms with Gasteiger partial charge in [0.15, 0.2) is 0 Å². The predicted molar refractivity (Wildman–Crippen MR) is 91.8 cm³/mol. The van der Waals surface area contributed by atoms with Gasteiger partial charge in [0.2, 0.25) is 5.91 Å². The normalized spacial score (nSPS) is 10.9. The molecule has 0 aliphatic heterocycles. The van der Waals surface area contributed by atoms with Crippen LogP contribution < -0.4 is 5.32 Å². The van der Waals surface area contributed by atoms with Crippen molar-refractivity contribution < 1.29 is 4.79 Å². The summed E-state index contributed by atoms with van der Waals surface area (Å²) < 4.78 is 0. The van der Waals surface area contributed by atoms with E-state index in [1.165, 1.54) is 44.1 Å². The molecule has 0 saturated heterocycles. The van der Waals surface area contributed by atoms with Gasteiger partial charge >= 0.3 is 0 Å². The molecule has 0 atom stereocenters. The largest absolute Gasteiger partial charge is 0.326 e. The van der Waals surface area contributed by atoms with Crippen molar-refractivity contribution in [3.63, 3.8) is 0 Å². The molecule has 0 aliphatic rings. The lowest BCUT2D eigenvalue weighted by molar-refractivity contribution is -0.116. The first-order valence-corrected chi connectivity index (χ1v) is 8.54. The molecule has 2 heteroatoms. The zero-order valence-electron chi connectivity index (χ0n) is 14.0. The molecule has 0 aliphatic carbocycles.